The maximum absolute atomic E-state index is 11.9. The van der Waals surface area contributed by atoms with Crippen LogP contribution in [0.2, 0.25) is 0 Å². The van der Waals surface area contributed by atoms with Crippen molar-refractivity contribution in [3.8, 4) is 0 Å². The van der Waals surface area contributed by atoms with Crippen LogP contribution in [0.1, 0.15) is 25.3 Å². The van der Waals surface area contributed by atoms with Gasteiger partial charge < -0.3 is 5.32 Å². The highest BCUT2D eigenvalue weighted by Gasteiger charge is 2.10. The van der Waals surface area contributed by atoms with Crippen LogP contribution in [-0.2, 0) is 11.2 Å². The lowest BCUT2D eigenvalue weighted by molar-refractivity contribution is -0.117. The third kappa shape index (κ3) is 3.58. The fourth-order valence-corrected chi connectivity index (χ4v) is 1.95. The van der Waals surface area contributed by atoms with Crippen molar-refractivity contribution in [3.63, 3.8) is 0 Å². The largest absolute Gasteiger partial charge is 0.324 e. The van der Waals surface area contributed by atoms with Crippen LogP contribution in [-0.4, -0.2) is 30.2 Å². The molecule has 1 N–H and O–H groups in total. The molecule has 1 aromatic carbocycles. The number of nitrogens with one attached hydrogen (secondary N) is 1. The number of benzene rings is 1. The summed E-state index contributed by atoms with van der Waals surface area (Å²) in [6.07, 6.45) is 4.92. The molecule has 1 aliphatic heterocycles. The zero-order chi connectivity index (χ0) is 12.8. The number of aryl methyl sites for hydroxylation is 1. The second-order valence-corrected chi connectivity index (χ2v) is 4.43. The Labute approximate surface area is 108 Å². The number of hydrazone groups is 1. The minimum Gasteiger partial charge on any atom is -0.324 e. The van der Waals surface area contributed by atoms with Crippen molar-refractivity contribution in [1.82, 2.24) is 5.01 Å². The van der Waals surface area contributed by atoms with Gasteiger partial charge in [-0.2, -0.15) is 5.10 Å². The molecule has 0 radical (unpaired) electrons. The Bertz CT molecular complexity index is 442. The van der Waals surface area contributed by atoms with E-state index < -0.39 is 0 Å². The highest BCUT2D eigenvalue weighted by atomic mass is 16.2. The van der Waals surface area contributed by atoms with Gasteiger partial charge in [0.15, 0.2) is 0 Å². The summed E-state index contributed by atoms with van der Waals surface area (Å²) in [5, 5.41) is 8.91. The summed E-state index contributed by atoms with van der Waals surface area (Å²) in [6, 6.07) is 7.95. The van der Waals surface area contributed by atoms with E-state index in [1.54, 1.807) is 0 Å². The molecule has 96 valence electrons. The molecule has 1 amide bonds. The SMILES string of the molecule is CCc1cccc(NC(=O)CN2CCCC=N2)c1. The average Bonchev–Trinajstić information content (AvgIpc) is 2.40. The van der Waals surface area contributed by atoms with Gasteiger partial charge >= 0.3 is 0 Å². The third-order valence-corrected chi connectivity index (χ3v) is 2.94. The smallest absolute Gasteiger partial charge is 0.245 e. The Morgan fingerprint density at radius 1 is 1.50 bits per heavy atom. The summed E-state index contributed by atoms with van der Waals surface area (Å²) in [5.74, 6) is -0.0118. The number of nitrogens with zero attached hydrogens (tertiary/aromatic N) is 2. The molecule has 0 aromatic heterocycles. The van der Waals surface area contributed by atoms with E-state index in [1.165, 1.54) is 5.56 Å². The summed E-state index contributed by atoms with van der Waals surface area (Å²) < 4.78 is 0. The van der Waals surface area contributed by atoms with Crippen molar-refractivity contribution in [2.24, 2.45) is 5.10 Å². The van der Waals surface area contributed by atoms with Crippen molar-refractivity contribution in [2.75, 3.05) is 18.4 Å². The minimum absolute atomic E-state index is 0.0118. The maximum Gasteiger partial charge on any atom is 0.245 e. The van der Waals surface area contributed by atoms with E-state index in [2.05, 4.69) is 23.4 Å². The lowest BCUT2D eigenvalue weighted by Crippen LogP contribution is -2.32. The average molecular weight is 245 g/mol. The highest BCUT2D eigenvalue weighted by molar-refractivity contribution is 5.92. The fraction of sp³-hybridized carbons (Fsp3) is 0.429. The molecule has 0 spiro atoms. The van der Waals surface area contributed by atoms with E-state index in [9.17, 15) is 4.79 Å². The molecule has 0 saturated heterocycles. The van der Waals surface area contributed by atoms with E-state index in [0.29, 0.717) is 6.54 Å². The van der Waals surface area contributed by atoms with E-state index >= 15 is 0 Å². The molecule has 0 bridgehead atoms. The van der Waals surface area contributed by atoms with Gasteiger partial charge in [0, 0.05) is 18.4 Å². The quantitative estimate of drug-likeness (QED) is 0.884. The predicted molar refractivity (Wildman–Crippen MR) is 73.7 cm³/mol. The number of hydrogen-bond donors (Lipinski definition) is 1. The Kier molecular flexibility index (Phi) is 4.34. The maximum atomic E-state index is 11.9. The van der Waals surface area contributed by atoms with Crippen LogP contribution in [0.5, 0.6) is 0 Å². The van der Waals surface area contributed by atoms with E-state index in [1.807, 2.05) is 29.4 Å². The summed E-state index contributed by atoms with van der Waals surface area (Å²) in [7, 11) is 0. The highest BCUT2D eigenvalue weighted by Crippen LogP contribution is 2.11. The Morgan fingerprint density at radius 2 is 2.39 bits per heavy atom. The molecule has 1 heterocycles. The molecule has 18 heavy (non-hydrogen) atoms. The fourth-order valence-electron chi connectivity index (χ4n) is 1.95. The van der Waals surface area contributed by atoms with Gasteiger partial charge in [0.25, 0.3) is 0 Å². The Balaban J connectivity index is 1.89. The van der Waals surface area contributed by atoms with Gasteiger partial charge in [-0.25, -0.2) is 0 Å². The van der Waals surface area contributed by atoms with Crippen molar-refractivity contribution in [1.29, 1.82) is 0 Å². The van der Waals surface area contributed by atoms with E-state index in [0.717, 1.165) is 31.5 Å². The summed E-state index contributed by atoms with van der Waals surface area (Å²) in [6.45, 7) is 3.29. The van der Waals surface area contributed by atoms with Crippen molar-refractivity contribution in [3.05, 3.63) is 29.8 Å². The first-order valence-electron chi connectivity index (χ1n) is 6.44. The zero-order valence-corrected chi connectivity index (χ0v) is 10.7. The first-order valence-corrected chi connectivity index (χ1v) is 6.44. The Hall–Kier alpha value is -1.84. The van der Waals surface area contributed by atoms with Crippen LogP contribution in [0.3, 0.4) is 0 Å². The van der Waals surface area contributed by atoms with Crippen LogP contribution in [0, 0.1) is 0 Å². The molecular weight excluding hydrogens is 226 g/mol. The lowest BCUT2D eigenvalue weighted by Gasteiger charge is -2.21. The van der Waals surface area contributed by atoms with Gasteiger partial charge in [0.1, 0.15) is 6.54 Å². The van der Waals surface area contributed by atoms with E-state index in [-0.39, 0.29) is 5.91 Å². The van der Waals surface area contributed by atoms with Gasteiger partial charge in [-0.1, -0.05) is 19.1 Å². The Morgan fingerprint density at radius 3 is 3.11 bits per heavy atom. The second-order valence-electron chi connectivity index (χ2n) is 4.43. The van der Waals surface area contributed by atoms with Gasteiger partial charge in [0.2, 0.25) is 5.91 Å². The van der Waals surface area contributed by atoms with Crippen LogP contribution in [0.15, 0.2) is 29.4 Å². The number of anilines is 1. The molecule has 0 aliphatic carbocycles. The molecule has 0 saturated carbocycles. The monoisotopic (exact) mass is 245 g/mol. The molecule has 4 nitrogen and oxygen atoms in total. The van der Waals surface area contributed by atoms with Gasteiger partial charge in [-0.05, 0) is 37.0 Å². The third-order valence-electron chi connectivity index (χ3n) is 2.94. The molecule has 0 fully saturated rings. The van der Waals surface area contributed by atoms with E-state index in [4.69, 9.17) is 0 Å². The predicted octanol–water partition coefficient (Wildman–Crippen LogP) is 2.27. The van der Waals surface area contributed by atoms with Gasteiger partial charge in [-0.3, -0.25) is 9.80 Å². The number of rotatable bonds is 4. The molecule has 4 heteroatoms. The van der Waals surface area contributed by atoms with Crippen molar-refractivity contribution >= 4 is 17.8 Å². The van der Waals surface area contributed by atoms with Crippen LogP contribution < -0.4 is 5.32 Å². The van der Waals surface area contributed by atoms with Crippen LogP contribution >= 0.6 is 0 Å². The van der Waals surface area contributed by atoms with Crippen molar-refractivity contribution in [2.45, 2.75) is 26.2 Å². The molecule has 2 rings (SSSR count). The molecule has 0 atom stereocenters. The molecule has 1 aliphatic rings. The summed E-state index contributed by atoms with van der Waals surface area (Å²) in [4.78, 5) is 11.9. The first-order chi connectivity index (χ1) is 8.78. The topological polar surface area (TPSA) is 44.7 Å². The lowest BCUT2D eigenvalue weighted by atomic mass is 10.1. The van der Waals surface area contributed by atoms with Crippen molar-refractivity contribution < 1.29 is 4.79 Å². The minimum atomic E-state index is -0.0118. The van der Waals surface area contributed by atoms with Crippen LogP contribution in [0.4, 0.5) is 5.69 Å². The number of hydrogen-bond acceptors (Lipinski definition) is 3. The van der Waals surface area contributed by atoms with Gasteiger partial charge in [0.05, 0.1) is 0 Å². The molecule has 1 aromatic rings. The standard InChI is InChI=1S/C14H19N3O/c1-2-12-6-5-7-13(10-12)16-14(18)11-17-9-4-3-8-15-17/h5-8,10H,2-4,9,11H2,1H3,(H,16,18). The number of carbonyl (C=O) groups is 1. The van der Waals surface area contributed by atoms with Gasteiger partial charge in [-0.15, -0.1) is 0 Å². The second kappa shape index (κ2) is 6.19. The summed E-state index contributed by atoms with van der Waals surface area (Å²) in [5.41, 5.74) is 2.09. The number of carbonyl (C=O) groups excluding carboxylic acids is 1. The zero-order valence-electron chi connectivity index (χ0n) is 10.7. The molecular formula is C14H19N3O. The summed E-state index contributed by atoms with van der Waals surface area (Å²) >= 11 is 0. The normalized spacial score (nSPS) is 14.6. The van der Waals surface area contributed by atoms with Crippen LogP contribution in [0.25, 0.3) is 0 Å². The first kappa shape index (κ1) is 12.6. The molecule has 0 unspecified atom stereocenters. The number of amides is 1.